The summed E-state index contributed by atoms with van der Waals surface area (Å²) in [5.74, 6) is -0.211. The molecular formula is C24H29N7O3. The van der Waals surface area contributed by atoms with Gasteiger partial charge in [0.15, 0.2) is 5.65 Å². The maximum atomic E-state index is 12.8. The minimum absolute atomic E-state index is 0.140. The van der Waals surface area contributed by atoms with Crippen molar-refractivity contribution < 1.29 is 14.3 Å². The Kier molecular flexibility index (Phi) is 8.67. The van der Waals surface area contributed by atoms with Gasteiger partial charge in [0.1, 0.15) is 5.52 Å². The fourth-order valence-electron chi connectivity index (χ4n) is 3.52. The van der Waals surface area contributed by atoms with Crippen LogP contribution in [0.15, 0.2) is 36.5 Å². The Balaban J connectivity index is 1.89. The number of nitrogens with one attached hydrogen (secondary N) is 2. The summed E-state index contributed by atoms with van der Waals surface area (Å²) in [6.45, 7) is 2.49. The van der Waals surface area contributed by atoms with Gasteiger partial charge in [-0.1, -0.05) is 6.07 Å². The molecule has 0 spiro atoms. The second-order valence-electron chi connectivity index (χ2n) is 7.83. The molecule has 0 aliphatic carbocycles. The number of nitrogens with zero attached hydrogens (tertiary/aromatic N) is 5. The normalized spacial score (nSPS) is 10.8. The van der Waals surface area contributed by atoms with E-state index in [9.17, 15) is 9.59 Å². The molecule has 10 nitrogen and oxygen atoms in total. The first-order chi connectivity index (χ1) is 16.5. The SMILES string of the molecule is CNCCCN(C)C(=O)c1cnc2c(c1)nc(NC(=O)c1cccc(C#N)c1)n2CCCOC. The van der Waals surface area contributed by atoms with E-state index in [0.29, 0.717) is 59.9 Å². The number of hydrogen-bond donors (Lipinski definition) is 2. The summed E-state index contributed by atoms with van der Waals surface area (Å²) < 4.78 is 6.96. The lowest BCUT2D eigenvalue weighted by atomic mass is 10.1. The fourth-order valence-corrected chi connectivity index (χ4v) is 3.52. The zero-order chi connectivity index (χ0) is 24.5. The van der Waals surface area contributed by atoms with Crippen molar-refractivity contribution in [2.45, 2.75) is 19.4 Å². The molecule has 10 heteroatoms. The van der Waals surface area contributed by atoms with Gasteiger partial charge >= 0.3 is 0 Å². The lowest BCUT2D eigenvalue weighted by Gasteiger charge is -2.16. The van der Waals surface area contributed by atoms with Crippen molar-refractivity contribution in [2.75, 3.05) is 46.2 Å². The predicted octanol–water partition coefficient (Wildman–Crippen LogP) is 2.27. The maximum Gasteiger partial charge on any atom is 0.258 e. The van der Waals surface area contributed by atoms with Crippen LogP contribution in [0.4, 0.5) is 5.95 Å². The summed E-state index contributed by atoms with van der Waals surface area (Å²) in [5, 5.41) is 15.0. The summed E-state index contributed by atoms with van der Waals surface area (Å²) in [6, 6.07) is 10.2. The Morgan fingerprint density at radius 2 is 2.06 bits per heavy atom. The number of aryl methyl sites for hydroxylation is 1. The molecule has 0 bridgehead atoms. The highest BCUT2D eigenvalue weighted by Gasteiger charge is 2.19. The van der Waals surface area contributed by atoms with Gasteiger partial charge in [-0.05, 0) is 50.7 Å². The van der Waals surface area contributed by atoms with E-state index in [1.54, 1.807) is 47.9 Å². The highest BCUT2D eigenvalue weighted by molar-refractivity contribution is 6.04. The van der Waals surface area contributed by atoms with Gasteiger partial charge in [-0.25, -0.2) is 9.97 Å². The van der Waals surface area contributed by atoms with Crippen LogP contribution in [0.1, 0.15) is 39.1 Å². The maximum absolute atomic E-state index is 12.8. The Morgan fingerprint density at radius 3 is 2.79 bits per heavy atom. The summed E-state index contributed by atoms with van der Waals surface area (Å²) in [7, 11) is 5.26. The molecule has 0 unspecified atom stereocenters. The number of aromatic nitrogens is 3. The van der Waals surface area contributed by atoms with Crippen molar-refractivity contribution in [1.82, 2.24) is 24.8 Å². The van der Waals surface area contributed by atoms with E-state index < -0.39 is 0 Å². The number of imidazole rings is 1. The molecule has 0 atom stereocenters. The Labute approximate surface area is 198 Å². The first kappa shape index (κ1) is 24.8. The van der Waals surface area contributed by atoms with Gasteiger partial charge < -0.3 is 15.0 Å². The highest BCUT2D eigenvalue weighted by Crippen LogP contribution is 2.21. The minimum Gasteiger partial charge on any atom is -0.385 e. The van der Waals surface area contributed by atoms with Crippen molar-refractivity contribution in [1.29, 1.82) is 5.26 Å². The van der Waals surface area contributed by atoms with Crippen LogP contribution in [-0.2, 0) is 11.3 Å². The summed E-state index contributed by atoms with van der Waals surface area (Å²) in [4.78, 5) is 36.4. The number of rotatable bonds is 11. The van der Waals surface area contributed by atoms with Crippen LogP contribution in [0.3, 0.4) is 0 Å². The number of nitriles is 1. The van der Waals surface area contributed by atoms with Gasteiger partial charge in [0, 0.05) is 45.6 Å². The van der Waals surface area contributed by atoms with Crippen molar-refractivity contribution in [3.8, 4) is 6.07 Å². The zero-order valence-electron chi connectivity index (χ0n) is 19.7. The first-order valence-electron chi connectivity index (χ1n) is 11.0. The second-order valence-corrected chi connectivity index (χ2v) is 7.83. The monoisotopic (exact) mass is 463 g/mol. The topological polar surface area (TPSA) is 125 Å². The number of fused-ring (bicyclic) bond motifs is 1. The fraction of sp³-hybridized carbons (Fsp3) is 0.375. The molecule has 3 aromatic rings. The van der Waals surface area contributed by atoms with Crippen LogP contribution in [0.2, 0.25) is 0 Å². The molecule has 0 saturated heterocycles. The second kappa shape index (κ2) is 11.9. The van der Waals surface area contributed by atoms with Crippen molar-refractivity contribution >= 4 is 28.9 Å². The molecule has 2 heterocycles. The molecule has 0 aliphatic heterocycles. The number of hydrogen-bond acceptors (Lipinski definition) is 7. The van der Waals surface area contributed by atoms with Crippen LogP contribution in [-0.4, -0.2) is 72.2 Å². The van der Waals surface area contributed by atoms with E-state index in [2.05, 4.69) is 20.6 Å². The van der Waals surface area contributed by atoms with E-state index in [1.165, 1.54) is 12.3 Å². The van der Waals surface area contributed by atoms with Crippen molar-refractivity contribution in [3.63, 3.8) is 0 Å². The van der Waals surface area contributed by atoms with Gasteiger partial charge in [0.2, 0.25) is 5.95 Å². The predicted molar refractivity (Wildman–Crippen MR) is 129 cm³/mol. The van der Waals surface area contributed by atoms with Crippen LogP contribution >= 0.6 is 0 Å². The number of anilines is 1. The number of methoxy groups -OCH3 is 1. The molecule has 0 aliphatic rings. The smallest absolute Gasteiger partial charge is 0.258 e. The van der Waals surface area contributed by atoms with Crippen molar-refractivity contribution in [3.05, 3.63) is 53.2 Å². The molecular weight excluding hydrogens is 434 g/mol. The van der Waals surface area contributed by atoms with E-state index in [1.807, 2.05) is 13.1 Å². The van der Waals surface area contributed by atoms with Crippen molar-refractivity contribution in [2.24, 2.45) is 0 Å². The summed E-state index contributed by atoms with van der Waals surface area (Å²) >= 11 is 0. The molecule has 2 N–H and O–H groups in total. The lowest BCUT2D eigenvalue weighted by molar-refractivity contribution is 0.0793. The third-order valence-electron chi connectivity index (χ3n) is 5.31. The largest absolute Gasteiger partial charge is 0.385 e. The third-order valence-corrected chi connectivity index (χ3v) is 5.31. The van der Waals surface area contributed by atoms with Gasteiger partial charge in [0.05, 0.1) is 17.2 Å². The quantitative estimate of drug-likeness (QED) is 0.418. The van der Waals surface area contributed by atoms with Gasteiger partial charge in [-0.3, -0.25) is 19.5 Å². The van der Waals surface area contributed by atoms with E-state index in [0.717, 1.165) is 13.0 Å². The number of ether oxygens (including phenoxy) is 1. The number of carbonyl (C=O) groups excluding carboxylic acids is 2. The molecule has 0 saturated carbocycles. The van der Waals surface area contributed by atoms with E-state index >= 15 is 0 Å². The van der Waals surface area contributed by atoms with Crippen LogP contribution < -0.4 is 10.6 Å². The number of benzene rings is 1. The Morgan fingerprint density at radius 1 is 1.24 bits per heavy atom. The highest BCUT2D eigenvalue weighted by atomic mass is 16.5. The van der Waals surface area contributed by atoms with Crippen LogP contribution in [0, 0.1) is 11.3 Å². The zero-order valence-corrected chi connectivity index (χ0v) is 19.7. The molecule has 34 heavy (non-hydrogen) atoms. The first-order valence-corrected chi connectivity index (χ1v) is 11.0. The average molecular weight is 464 g/mol. The summed E-state index contributed by atoms with van der Waals surface area (Å²) in [6.07, 6.45) is 3.06. The molecule has 1 aromatic carbocycles. The number of pyridine rings is 1. The third kappa shape index (κ3) is 5.95. The van der Waals surface area contributed by atoms with Gasteiger partial charge in [0.25, 0.3) is 11.8 Å². The minimum atomic E-state index is -0.388. The Hall–Kier alpha value is -3.81. The molecule has 2 aromatic heterocycles. The number of carbonyl (C=O) groups is 2. The molecule has 0 radical (unpaired) electrons. The molecule has 3 rings (SSSR count). The molecule has 2 amide bonds. The van der Waals surface area contributed by atoms with E-state index in [-0.39, 0.29) is 11.8 Å². The van der Waals surface area contributed by atoms with Crippen LogP contribution in [0.5, 0.6) is 0 Å². The standard InChI is InChI=1S/C24H29N7O3/c1-26-9-5-10-30(2)23(33)19-14-20-21(27-16-19)31(11-6-12-34-3)24(28-20)29-22(32)18-8-4-7-17(13-18)15-25/h4,7-8,13-14,16,26H,5-6,9-12H2,1-3H3,(H,28,29,32). The average Bonchev–Trinajstić information content (AvgIpc) is 3.19. The lowest BCUT2D eigenvalue weighted by Crippen LogP contribution is -2.29. The van der Waals surface area contributed by atoms with Crippen LogP contribution in [0.25, 0.3) is 11.2 Å². The van der Waals surface area contributed by atoms with Gasteiger partial charge in [-0.15, -0.1) is 0 Å². The Bertz CT molecular complexity index is 1200. The number of amides is 2. The van der Waals surface area contributed by atoms with Gasteiger partial charge in [-0.2, -0.15) is 5.26 Å². The molecule has 0 fully saturated rings. The summed E-state index contributed by atoms with van der Waals surface area (Å²) in [5.41, 5.74) is 2.24. The molecule has 178 valence electrons. The van der Waals surface area contributed by atoms with E-state index in [4.69, 9.17) is 10.00 Å².